The van der Waals surface area contributed by atoms with Crippen molar-refractivity contribution in [2.45, 2.75) is 13.0 Å². The van der Waals surface area contributed by atoms with Crippen LogP contribution in [0.15, 0.2) is 53.0 Å². The zero-order valence-electron chi connectivity index (χ0n) is 11.1. The maximum Gasteiger partial charge on any atom is 0.0316 e. The van der Waals surface area contributed by atoms with E-state index >= 15 is 0 Å². The van der Waals surface area contributed by atoms with Crippen molar-refractivity contribution in [1.29, 1.82) is 0 Å². The topological polar surface area (TPSA) is 29.3 Å². The number of nitrogens with two attached hydrogens (primary N) is 1. The van der Waals surface area contributed by atoms with Crippen molar-refractivity contribution in [1.82, 2.24) is 4.90 Å². The first kappa shape index (κ1) is 14.1. The van der Waals surface area contributed by atoms with Gasteiger partial charge in [0.05, 0.1) is 0 Å². The third-order valence-corrected chi connectivity index (χ3v) is 3.57. The molecule has 0 aliphatic rings. The van der Waals surface area contributed by atoms with E-state index in [1.807, 2.05) is 18.2 Å². The van der Waals surface area contributed by atoms with E-state index < -0.39 is 0 Å². The lowest BCUT2D eigenvalue weighted by molar-refractivity contribution is 0.331. The Morgan fingerprint density at radius 1 is 1.05 bits per heavy atom. The van der Waals surface area contributed by atoms with Gasteiger partial charge in [0.25, 0.3) is 0 Å². The second-order valence-electron chi connectivity index (χ2n) is 4.86. The van der Waals surface area contributed by atoms with Gasteiger partial charge in [-0.3, -0.25) is 0 Å². The van der Waals surface area contributed by atoms with E-state index in [2.05, 4.69) is 58.2 Å². The van der Waals surface area contributed by atoms with Crippen LogP contribution in [0.25, 0.3) is 0 Å². The molecule has 0 saturated carbocycles. The van der Waals surface area contributed by atoms with Crippen molar-refractivity contribution >= 4 is 21.6 Å². The van der Waals surface area contributed by atoms with Crippen LogP contribution in [0, 0.1) is 0 Å². The Hall–Kier alpha value is -1.32. The van der Waals surface area contributed by atoms with E-state index in [4.69, 9.17) is 5.73 Å². The standard InChI is InChI=1S/C16H19BrN2/c1-19(12-14-5-2-6-15(17)10-14)9-8-13-4-3-7-16(18)11-13/h2-7,10-11H,8-9,12,18H2,1H3. The summed E-state index contributed by atoms with van der Waals surface area (Å²) in [5.41, 5.74) is 9.24. The van der Waals surface area contributed by atoms with E-state index in [1.165, 1.54) is 11.1 Å². The lowest BCUT2D eigenvalue weighted by Gasteiger charge is -2.17. The lowest BCUT2D eigenvalue weighted by atomic mass is 10.1. The van der Waals surface area contributed by atoms with Gasteiger partial charge >= 0.3 is 0 Å². The predicted molar refractivity (Wildman–Crippen MR) is 85.0 cm³/mol. The highest BCUT2D eigenvalue weighted by Gasteiger charge is 2.02. The van der Waals surface area contributed by atoms with Crippen LogP contribution in [-0.4, -0.2) is 18.5 Å². The van der Waals surface area contributed by atoms with Crippen molar-refractivity contribution in [2.24, 2.45) is 0 Å². The second-order valence-corrected chi connectivity index (χ2v) is 5.78. The van der Waals surface area contributed by atoms with Gasteiger partial charge in [-0.05, 0) is 48.9 Å². The van der Waals surface area contributed by atoms with Crippen molar-refractivity contribution in [2.75, 3.05) is 19.3 Å². The van der Waals surface area contributed by atoms with Crippen LogP contribution in [0.3, 0.4) is 0 Å². The Morgan fingerprint density at radius 3 is 2.53 bits per heavy atom. The molecule has 0 fully saturated rings. The van der Waals surface area contributed by atoms with Gasteiger partial charge in [0.2, 0.25) is 0 Å². The van der Waals surface area contributed by atoms with Gasteiger partial charge in [-0.15, -0.1) is 0 Å². The monoisotopic (exact) mass is 318 g/mol. The van der Waals surface area contributed by atoms with Crippen molar-refractivity contribution in [3.63, 3.8) is 0 Å². The Morgan fingerprint density at radius 2 is 1.79 bits per heavy atom. The van der Waals surface area contributed by atoms with Gasteiger partial charge in [-0.25, -0.2) is 0 Å². The summed E-state index contributed by atoms with van der Waals surface area (Å²) in [6.07, 6.45) is 1.02. The van der Waals surface area contributed by atoms with Crippen molar-refractivity contribution in [3.05, 3.63) is 64.1 Å². The fraction of sp³-hybridized carbons (Fsp3) is 0.250. The van der Waals surface area contributed by atoms with Crippen LogP contribution in [0.4, 0.5) is 5.69 Å². The minimum absolute atomic E-state index is 0.840. The van der Waals surface area contributed by atoms with Crippen molar-refractivity contribution in [3.8, 4) is 0 Å². The van der Waals surface area contributed by atoms with E-state index in [9.17, 15) is 0 Å². The van der Waals surface area contributed by atoms with E-state index in [-0.39, 0.29) is 0 Å². The average Bonchev–Trinajstić information content (AvgIpc) is 2.36. The molecule has 2 aromatic rings. The zero-order valence-corrected chi connectivity index (χ0v) is 12.7. The Balaban J connectivity index is 1.86. The molecule has 100 valence electrons. The molecule has 0 radical (unpaired) electrons. The molecule has 2 N–H and O–H groups in total. The summed E-state index contributed by atoms with van der Waals surface area (Å²) in [4.78, 5) is 2.32. The van der Waals surface area contributed by atoms with Gasteiger partial charge in [0.15, 0.2) is 0 Å². The molecule has 19 heavy (non-hydrogen) atoms. The normalized spacial score (nSPS) is 10.9. The van der Waals surface area contributed by atoms with Gasteiger partial charge in [0, 0.05) is 23.2 Å². The quantitative estimate of drug-likeness (QED) is 0.852. The Bertz CT molecular complexity index is 540. The molecule has 2 nitrogen and oxygen atoms in total. The Labute approximate surface area is 123 Å². The molecule has 0 heterocycles. The number of likely N-dealkylation sites (N-methyl/N-ethyl adjacent to an activating group) is 1. The van der Waals surface area contributed by atoms with E-state index in [0.29, 0.717) is 0 Å². The minimum Gasteiger partial charge on any atom is -0.399 e. The number of nitrogen functional groups attached to an aromatic ring is 1. The molecular weight excluding hydrogens is 300 g/mol. The molecule has 0 unspecified atom stereocenters. The van der Waals surface area contributed by atoms with Crippen LogP contribution in [-0.2, 0) is 13.0 Å². The summed E-state index contributed by atoms with van der Waals surface area (Å²) in [5.74, 6) is 0. The van der Waals surface area contributed by atoms with Gasteiger partial charge in [-0.2, -0.15) is 0 Å². The van der Waals surface area contributed by atoms with Crippen molar-refractivity contribution < 1.29 is 0 Å². The third-order valence-electron chi connectivity index (χ3n) is 3.07. The number of anilines is 1. The first-order chi connectivity index (χ1) is 9.13. The summed E-state index contributed by atoms with van der Waals surface area (Å²) >= 11 is 3.50. The first-order valence-electron chi connectivity index (χ1n) is 6.41. The SMILES string of the molecule is CN(CCc1cccc(N)c1)Cc1cccc(Br)c1. The lowest BCUT2D eigenvalue weighted by Crippen LogP contribution is -2.20. The number of benzene rings is 2. The molecule has 3 heteroatoms. The van der Waals surface area contributed by atoms with Crippen LogP contribution in [0.1, 0.15) is 11.1 Å². The summed E-state index contributed by atoms with van der Waals surface area (Å²) in [5, 5.41) is 0. The highest BCUT2D eigenvalue weighted by atomic mass is 79.9. The van der Waals surface area contributed by atoms with E-state index in [0.717, 1.165) is 29.7 Å². The second kappa shape index (κ2) is 6.73. The highest BCUT2D eigenvalue weighted by Crippen LogP contribution is 2.13. The minimum atomic E-state index is 0.840. The largest absolute Gasteiger partial charge is 0.399 e. The maximum atomic E-state index is 5.79. The third kappa shape index (κ3) is 4.69. The number of hydrogen-bond acceptors (Lipinski definition) is 2. The smallest absolute Gasteiger partial charge is 0.0316 e. The molecule has 0 amide bonds. The van der Waals surface area contributed by atoms with Crippen LogP contribution in [0.5, 0.6) is 0 Å². The zero-order chi connectivity index (χ0) is 13.7. The summed E-state index contributed by atoms with van der Waals surface area (Å²) in [6, 6.07) is 16.6. The Kier molecular flexibility index (Phi) is 5.00. The molecule has 0 spiro atoms. The molecule has 2 aromatic carbocycles. The molecule has 0 aliphatic heterocycles. The number of rotatable bonds is 5. The van der Waals surface area contributed by atoms with Gasteiger partial charge < -0.3 is 10.6 Å². The predicted octanol–water partition coefficient (Wildman–Crippen LogP) is 3.71. The molecule has 0 aromatic heterocycles. The van der Waals surface area contributed by atoms with Crippen LogP contribution < -0.4 is 5.73 Å². The molecule has 0 atom stereocenters. The summed E-state index contributed by atoms with van der Waals surface area (Å²) < 4.78 is 1.13. The molecule has 0 bridgehead atoms. The summed E-state index contributed by atoms with van der Waals surface area (Å²) in [6.45, 7) is 1.98. The average molecular weight is 319 g/mol. The van der Waals surface area contributed by atoms with E-state index in [1.54, 1.807) is 0 Å². The number of hydrogen-bond donors (Lipinski definition) is 1. The molecule has 0 saturated heterocycles. The fourth-order valence-electron chi connectivity index (χ4n) is 2.09. The maximum absolute atomic E-state index is 5.79. The molecule has 2 rings (SSSR count). The highest BCUT2D eigenvalue weighted by molar-refractivity contribution is 9.10. The number of nitrogens with zero attached hydrogens (tertiary/aromatic N) is 1. The van der Waals surface area contributed by atoms with Crippen LogP contribution in [0.2, 0.25) is 0 Å². The fourth-order valence-corrected chi connectivity index (χ4v) is 2.54. The molecular formula is C16H19BrN2. The van der Waals surface area contributed by atoms with Gasteiger partial charge in [0.1, 0.15) is 0 Å². The molecule has 0 aliphatic carbocycles. The van der Waals surface area contributed by atoms with Crippen LogP contribution >= 0.6 is 15.9 Å². The van der Waals surface area contributed by atoms with Gasteiger partial charge in [-0.1, -0.05) is 40.2 Å². The summed E-state index contributed by atoms with van der Waals surface area (Å²) in [7, 11) is 2.15. The first-order valence-corrected chi connectivity index (χ1v) is 7.20. The number of halogens is 1.